The summed E-state index contributed by atoms with van der Waals surface area (Å²) >= 11 is 0. The van der Waals surface area contributed by atoms with E-state index in [1.807, 2.05) is 18.2 Å². The zero-order valence-electron chi connectivity index (χ0n) is 22.1. The Labute approximate surface area is 232 Å². The normalized spacial score (nSPS) is 19.7. The lowest BCUT2D eigenvalue weighted by Crippen LogP contribution is -2.58. The number of likely N-dealkylation sites (tertiary alicyclic amines) is 1. The molecule has 1 saturated carbocycles. The molecule has 0 spiro atoms. The molecule has 2 aromatic carbocycles. The van der Waals surface area contributed by atoms with Crippen LogP contribution in [0.25, 0.3) is 0 Å². The van der Waals surface area contributed by atoms with Crippen LogP contribution in [0.15, 0.2) is 66.9 Å². The van der Waals surface area contributed by atoms with Crippen molar-refractivity contribution in [2.24, 2.45) is 5.92 Å². The molecule has 3 aliphatic rings. The van der Waals surface area contributed by atoms with Gasteiger partial charge in [0.25, 0.3) is 11.8 Å². The molecule has 1 atom stereocenters. The topological polar surface area (TPSA) is 84.0 Å². The van der Waals surface area contributed by atoms with Crippen molar-refractivity contribution in [3.8, 4) is 29.1 Å². The van der Waals surface area contributed by atoms with Crippen molar-refractivity contribution in [2.45, 2.75) is 24.6 Å². The number of halogens is 1. The average molecular weight is 541 g/mol. The molecular weight excluding hydrogens is 511 g/mol. The first-order valence-electron chi connectivity index (χ1n) is 13.3. The Bertz CT molecular complexity index is 1490. The minimum Gasteiger partial charge on any atom is -0.489 e. The number of benzene rings is 2. The van der Waals surface area contributed by atoms with Crippen LogP contribution in [0.2, 0.25) is 0 Å². The third-order valence-electron chi connectivity index (χ3n) is 7.20. The minimum absolute atomic E-state index is 0.0580. The molecule has 1 unspecified atom stereocenters. The Hall–Kier alpha value is -4.42. The third kappa shape index (κ3) is 5.77. The van der Waals surface area contributed by atoms with E-state index in [1.54, 1.807) is 43.4 Å². The van der Waals surface area contributed by atoms with Gasteiger partial charge in [-0.05, 0) is 55.2 Å². The molecule has 2 aliphatic heterocycles. The van der Waals surface area contributed by atoms with Crippen LogP contribution in [-0.4, -0.2) is 66.7 Å². The quantitative estimate of drug-likeness (QED) is 0.479. The van der Waals surface area contributed by atoms with E-state index in [0.717, 1.165) is 12.5 Å². The van der Waals surface area contributed by atoms with E-state index < -0.39 is 17.6 Å². The summed E-state index contributed by atoms with van der Waals surface area (Å²) in [6, 6.07) is 16.6. The van der Waals surface area contributed by atoms with Crippen LogP contribution in [0, 0.1) is 17.8 Å². The molecule has 6 rings (SSSR count). The van der Waals surface area contributed by atoms with Crippen LogP contribution < -0.4 is 19.7 Å². The number of likely N-dealkylation sites (N-methyl/N-ethyl adjacent to an activating group) is 1. The number of nitrogens with zero attached hydrogens (tertiary/aromatic N) is 3. The summed E-state index contributed by atoms with van der Waals surface area (Å²) in [5.41, 5.74) is -0.314. The van der Waals surface area contributed by atoms with Crippen molar-refractivity contribution < 1.29 is 23.5 Å². The second-order valence-electron chi connectivity index (χ2n) is 10.5. The standard InChI is InChI=1S/C31H29FN4O4/c1-35-27-15-21(11-13-31(32)19-36(20-31)17-22-7-8-22)9-10-28(27)39-18-26(30(35)38)34-29(37)25-16-24(12-14-33-25)40-23-5-3-2-4-6-23/h2-6,9-10,12,14-16,22,26H,7-8,17-20H2,1H3,(H,34,37). The zero-order valence-corrected chi connectivity index (χ0v) is 22.1. The summed E-state index contributed by atoms with van der Waals surface area (Å²) in [6.45, 7) is 1.57. The summed E-state index contributed by atoms with van der Waals surface area (Å²) in [4.78, 5) is 33.9. The number of alkyl halides is 1. The van der Waals surface area contributed by atoms with Crippen molar-refractivity contribution >= 4 is 17.5 Å². The fourth-order valence-electron chi connectivity index (χ4n) is 4.86. The largest absolute Gasteiger partial charge is 0.489 e. The SMILES string of the molecule is CN1C(=O)C(NC(=O)c2cc(Oc3ccccc3)ccn2)COc2ccc(C#CC3(F)CN(CC4CC4)C3)cc21. The van der Waals surface area contributed by atoms with Crippen molar-refractivity contribution in [1.82, 2.24) is 15.2 Å². The molecule has 3 heterocycles. The molecule has 8 nitrogen and oxygen atoms in total. The number of amides is 2. The molecule has 1 aliphatic carbocycles. The number of para-hydroxylation sites is 1. The van der Waals surface area contributed by atoms with Gasteiger partial charge in [-0.15, -0.1) is 0 Å². The number of anilines is 1. The molecule has 1 aromatic heterocycles. The monoisotopic (exact) mass is 540 g/mol. The molecular formula is C31H29FN4O4. The van der Waals surface area contributed by atoms with Gasteiger partial charge < -0.3 is 19.7 Å². The Kier molecular flexibility index (Phi) is 6.86. The predicted molar refractivity (Wildman–Crippen MR) is 147 cm³/mol. The number of hydrogen-bond donors (Lipinski definition) is 1. The molecule has 0 radical (unpaired) electrons. The van der Waals surface area contributed by atoms with Crippen molar-refractivity contribution in [1.29, 1.82) is 0 Å². The molecule has 1 saturated heterocycles. The Morgan fingerprint density at radius 1 is 1.15 bits per heavy atom. The van der Waals surface area contributed by atoms with E-state index in [9.17, 15) is 14.0 Å². The van der Waals surface area contributed by atoms with Gasteiger partial charge in [0.05, 0.1) is 5.69 Å². The maximum Gasteiger partial charge on any atom is 0.270 e. The van der Waals surface area contributed by atoms with E-state index in [2.05, 4.69) is 27.0 Å². The Balaban J connectivity index is 1.11. The molecule has 40 heavy (non-hydrogen) atoms. The van der Waals surface area contributed by atoms with Crippen LogP contribution in [0.4, 0.5) is 10.1 Å². The average Bonchev–Trinajstić information content (AvgIpc) is 3.78. The van der Waals surface area contributed by atoms with Gasteiger partial charge in [-0.25, -0.2) is 4.39 Å². The van der Waals surface area contributed by atoms with Crippen LogP contribution in [-0.2, 0) is 4.79 Å². The molecule has 204 valence electrons. The van der Waals surface area contributed by atoms with Gasteiger partial charge in [-0.3, -0.25) is 19.5 Å². The number of rotatable bonds is 6. The van der Waals surface area contributed by atoms with E-state index in [1.165, 1.54) is 30.0 Å². The number of ether oxygens (including phenoxy) is 2. The van der Waals surface area contributed by atoms with E-state index in [0.29, 0.717) is 41.6 Å². The van der Waals surface area contributed by atoms with Crippen LogP contribution >= 0.6 is 0 Å². The van der Waals surface area contributed by atoms with E-state index in [4.69, 9.17) is 9.47 Å². The highest BCUT2D eigenvalue weighted by atomic mass is 19.1. The molecule has 3 aromatic rings. The second kappa shape index (κ2) is 10.6. The van der Waals surface area contributed by atoms with Crippen molar-refractivity contribution in [3.63, 3.8) is 0 Å². The smallest absolute Gasteiger partial charge is 0.270 e. The fourth-order valence-corrected chi connectivity index (χ4v) is 4.86. The first-order valence-corrected chi connectivity index (χ1v) is 13.3. The number of hydrogen-bond acceptors (Lipinski definition) is 6. The minimum atomic E-state index is -1.51. The number of nitrogens with one attached hydrogen (secondary N) is 1. The van der Waals surface area contributed by atoms with Crippen molar-refractivity contribution in [3.05, 3.63) is 78.1 Å². The van der Waals surface area contributed by atoms with Crippen LogP contribution in [0.3, 0.4) is 0 Å². The molecule has 2 amide bonds. The summed E-state index contributed by atoms with van der Waals surface area (Å²) in [5.74, 6) is 7.09. The number of pyridine rings is 1. The first-order chi connectivity index (χ1) is 19.3. The third-order valence-corrected chi connectivity index (χ3v) is 7.20. The van der Waals surface area contributed by atoms with Gasteiger partial charge >= 0.3 is 0 Å². The van der Waals surface area contributed by atoms with Gasteiger partial charge in [0.2, 0.25) is 0 Å². The first kappa shape index (κ1) is 25.8. The lowest BCUT2D eigenvalue weighted by Gasteiger charge is -2.41. The lowest BCUT2D eigenvalue weighted by molar-refractivity contribution is -0.120. The highest BCUT2D eigenvalue weighted by molar-refractivity contribution is 6.03. The van der Waals surface area contributed by atoms with Crippen molar-refractivity contribution in [2.75, 3.05) is 38.2 Å². The maximum atomic E-state index is 14.9. The predicted octanol–water partition coefficient (Wildman–Crippen LogP) is 3.81. The second-order valence-corrected chi connectivity index (χ2v) is 10.5. The molecule has 1 N–H and O–H groups in total. The summed E-state index contributed by atoms with van der Waals surface area (Å²) < 4.78 is 26.6. The number of carbonyl (C=O) groups excluding carboxylic acids is 2. The highest BCUT2D eigenvalue weighted by Crippen LogP contribution is 2.35. The van der Waals surface area contributed by atoms with Gasteiger partial charge in [0, 0.05) is 44.5 Å². The molecule has 9 heteroatoms. The molecule has 0 bridgehead atoms. The van der Waals surface area contributed by atoms with E-state index >= 15 is 0 Å². The fraction of sp³-hybridized carbons (Fsp3) is 0.323. The number of carbonyl (C=O) groups is 2. The lowest BCUT2D eigenvalue weighted by atomic mass is 9.96. The number of fused-ring (bicyclic) bond motifs is 1. The Morgan fingerprint density at radius 2 is 1.95 bits per heavy atom. The van der Waals surface area contributed by atoms with Gasteiger partial charge in [0.15, 0.2) is 5.67 Å². The highest BCUT2D eigenvalue weighted by Gasteiger charge is 2.43. The molecule has 2 fully saturated rings. The number of aromatic nitrogens is 1. The summed E-state index contributed by atoms with van der Waals surface area (Å²) in [6.07, 6.45) is 3.95. The maximum absolute atomic E-state index is 14.9. The summed E-state index contributed by atoms with van der Waals surface area (Å²) in [5, 5.41) is 2.72. The summed E-state index contributed by atoms with van der Waals surface area (Å²) in [7, 11) is 1.61. The van der Waals surface area contributed by atoms with Gasteiger partial charge in [-0.1, -0.05) is 30.0 Å². The zero-order chi connectivity index (χ0) is 27.7. The Morgan fingerprint density at radius 3 is 2.73 bits per heavy atom. The van der Waals surface area contributed by atoms with E-state index in [-0.39, 0.29) is 18.2 Å². The van der Waals surface area contributed by atoms with Crippen LogP contribution in [0.5, 0.6) is 17.2 Å². The van der Waals surface area contributed by atoms with Gasteiger partial charge in [-0.2, -0.15) is 0 Å². The van der Waals surface area contributed by atoms with Crippen LogP contribution in [0.1, 0.15) is 28.9 Å². The van der Waals surface area contributed by atoms with Gasteiger partial charge in [0.1, 0.15) is 35.6 Å².